The molecule has 0 bridgehead atoms. The third kappa shape index (κ3) is 5.59. The van der Waals surface area contributed by atoms with Crippen LogP contribution in [-0.2, 0) is 19.4 Å². The van der Waals surface area contributed by atoms with Gasteiger partial charge in [-0.05, 0) is 41.7 Å². The number of fused-ring (bicyclic) bond motifs is 1. The number of H-pyrrole nitrogens is 1. The number of aromatic nitrogens is 1. The smallest absolute Gasteiger partial charge is 0.191 e. The quantitative estimate of drug-likeness (QED) is 0.235. The third-order valence-electron chi connectivity index (χ3n) is 5.09. The predicted octanol–water partition coefficient (Wildman–Crippen LogP) is 4.27. The Labute approximate surface area is 195 Å². The number of para-hydroxylation sites is 1. The number of hydrogen-bond acceptors (Lipinski definition) is 3. The highest BCUT2D eigenvalue weighted by atomic mass is 127. The lowest BCUT2D eigenvalue weighted by molar-refractivity contribution is 0.354. The number of aliphatic imine (C=N–C) groups is 1. The zero-order valence-corrected chi connectivity index (χ0v) is 20.4. The van der Waals surface area contributed by atoms with Gasteiger partial charge in [0.25, 0.3) is 0 Å². The summed E-state index contributed by atoms with van der Waals surface area (Å²) in [6.45, 7) is 3.63. The van der Waals surface area contributed by atoms with E-state index < -0.39 is 0 Å². The van der Waals surface area contributed by atoms with E-state index in [-0.39, 0.29) is 24.0 Å². The highest BCUT2D eigenvalue weighted by molar-refractivity contribution is 14.0. The summed E-state index contributed by atoms with van der Waals surface area (Å²) < 4.78 is 10.7. The number of hydrogen-bond donors (Lipinski definition) is 3. The second-order valence-corrected chi connectivity index (χ2v) is 6.80. The number of nitrogens with zero attached hydrogens (tertiary/aromatic N) is 1. The van der Waals surface area contributed by atoms with E-state index in [4.69, 9.17) is 9.47 Å². The van der Waals surface area contributed by atoms with Crippen LogP contribution in [0.25, 0.3) is 10.9 Å². The van der Waals surface area contributed by atoms with Crippen LogP contribution < -0.4 is 20.1 Å². The van der Waals surface area contributed by atoms with Gasteiger partial charge in [0.05, 0.1) is 14.2 Å². The van der Waals surface area contributed by atoms with Crippen LogP contribution in [-0.4, -0.2) is 38.8 Å². The van der Waals surface area contributed by atoms with Crippen LogP contribution in [0.2, 0.25) is 0 Å². The molecule has 162 valence electrons. The summed E-state index contributed by atoms with van der Waals surface area (Å²) in [4.78, 5) is 7.75. The maximum absolute atomic E-state index is 5.37. The van der Waals surface area contributed by atoms with Gasteiger partial charge in [0.2, 0.25) is 0 Å². The molecule has 0 spiro atoms. The SMILES string of the molecule is CCc1cccc2c(CCNC(=NC)NCc3ccc(OC)c(OC)c3)c[nH]c12.I. The molecule has 30 heavy (non-hydrogen) atoms. The Balaban J connectivity index is 0.00000320. The lowest BCUT2D eigenvalue weighted by atomic mass is 10.1. The van der Waals surface area contributed by atoms with Crippen LogP contribution in [0.1, 0.15) is 23.6 Å². The average molecular weight is 522 g/mol. The fourth-order valence-electron chi connectivity index (χ4n) is 3.49. The molecule has 0 saturated carbocycles. The molecule has 0 unspecified atom stereocenters. The Kier molecular flexibility index (Phi) is 9.29. The van der Waals surface area contributed by atoms with Crippen molar-refractivity contribution in [3.8, 4) is 11.5 Å². The van der Waals surface area contributed by atoms with Gasteiger partial charge in [0, 0.05) is 37.2 Å². The molecule has 3 N–H and O–H groups in total. The minimum absolute atomic E-state index is 0. The summed E-state index contributed by atoms with van der Waals surface area (Å²) in [6.07, 6.45) is 4.07. The van der Waals surface area contributed by atoms with Crippen molar-refractivity contribution in [2.45, 2.75) is 26.3 Å². The summed E-state index contributed by atoms with van der Waals surface area (Å²) >= 11 is 0. The second-order valence-electron chi connectivity index (χ2n) is 6.80. The zero-order valence-electron chi connectivity index (χ0n) is 18.0. The largest absolute Gasteiger partial charge is 0.493 e. The Morgan fingerprint density at radius 3 is 2.53 bits per heavy atom. The average Bonchev–Trinajstić information content (AvgIpc) is 3.19. The van der Waals surface area contributed by atoms with Crippen LogP contribution in [0, 0.1) is 0 Å². The molecule has 0 radical (unpaired) electrons. The van der Waals surface area contributed by atoms with Crippen LogP contribution >= 0.6 is 24.0 Å². The summed E-state index contributed by atoms with van der Waals surface area (Å²) in [7, 11) is 5.06. The Hall–Kier alpha value is -2.42. The van der Waals surface area contributed by atoms with E-state index in [0.29, 0.717) is 6.54 Å². The number of nitrogens with one attached hydrogen (secondary N) is 3. The van der Waals surface area contributed by atoms with Crippen molar-refractivity contribution in [2.24, 2.45) is 4.99 Å². The van der Waals surface area contributed by atoms with Crippen molar-refractivity contribution in [1.82, 2.24) is 15.6 Å². The van der Waals surface area contributed by atoms with Crippen LogP contribution in [0.5, 0.6) is 11.5 Å². The van der Waals surface area contributed by atoms with Crippen molar-refractivity contribution in [2.75, 3.05) is 27.8 Å². The molecule has 1 heterocycles. The van der Waals surface area contributed by atoms with Crippen LogP contribution in [0.3, 0.4) is 0 Å². The lowest BCUT2D eigenvalue weighted by Crippen LogP contribution is -2.37. The fourth-order valence-corrected chi connectivity index (χ4v) is 3.49. The maximum atomic E-state index is 5.37. The monoisotopic (exact) mass is 522 g/mol. The zero-order chi connectivity index (χ0) is 20.6. The normalized spacial score (nSPS) is 11.1. The number of methoxy groups -OCH3 is 2. The Morgan fingerprint density at radius 2 is 1.83 bits per heavy atom. The van der Waals surface area contributed by atoms with Gasteiger partial charge in [0.1, 0.15) is 0 Å². The van der Waals surface area contributed by atoms with Gasteiger partial charge in [-0.1, -0.05) is 31.2 Å². The fraction of sp³-hybridized carbons (Fsp3) is 0.348. The van der Waals surface area contributed by atoms with E-state index >= 15 is 0 Å². The van der Waals surface area contributed by atoms with E-state index in [9.17, 15) is 0 Å². The standard InChI is InChI=1S/C23H30N4O2.HI/c1-5-17-7-6-8-19-18(15-26-22(17)19)11-12-25-23(24-2)27-14-16-9-10-20(28-3)21(13-16)29-4;/h6-10,13,15,26H,5,11-12,14H2,1-4H3,(H2,24,25,27);1H. The van der Waals surface area contributed by atoms with E-state index in [1.165, 1.54) is 22.0 Å². The van der Waals surface area contributed by atoms with E-state index in [1.54, 1.807) is 21.3 Å². The number of ether oxygens (including phenoxy) is 2. The number of benzene rings is 2. The molecule has 3 rings (SSSR count). The molecule has 3 aromatic rings. The predicted molar refractivity (Wildman–Crippen MR) is 135 cm³/mol. The van der Waals surface area contributed by atoms with Crippen molar-refractivity contribution in [1.29, 1.82) is 0 Å². The Morgan fingerprint density at radius 1 is 1.03 bits per heavy atom. The van der Waals surface area contributed by atoms with Gasteiger partial charge < -0.3 is 25.1 Å². The number of rotatable bonds is 8. The number of halogens is 1. The molecule has 0 saturated heterocycles. The molecule has 7 heteroatoms. The topological polar surface area (TPSA) is 70.7 Å². The molecular formula is C23H31IN4O2. The first-order chi connectivity index (χ1) is 14.2. The summed E-state index contributed by atoms with van der Waals surface area (Å²) in [5.74, 6) is 2.22. The van der Waals surface area contributed by atoms with Gasteiger partial charge in [-0.15, -0.1) is 24.0 Å². The van der Waals surface area contributed by atoms with E-state index in [0.717, 1.165) is 42.4 Å². The number of guanidine groups is 1. The first-order valence-corrected chi connectivity index (χ1v) is 9.93. The lowest BCUT2D eigenvalue weighted by Gasteiger charge is -2.13. The Bertz CT molecular complexity index is 984. The van der Waals surface area contributed by atoms with Gasteiger partial charge in [-0.3, -0.25) is 4.99 Å². The molecule has 0 amide bonds. The van der Waals surface area contributed by atoms with Crippen molar-refractivity contribution in [3.05, 3.63) is 59.3 Å². The molecule has 0 aliphatic heterocycles. The number of aromatic amines is 1. The molecular weight excluding hydrogens is 491 g/mol. The molecule has 1 aromatic heterocycles. The summed E-state index contributed by atoms with van der Waals surface area (Å²) in [5, 5.41) is 8.04. The molecule has 0 fully saturated rings. The third-order valence-corrected chi connectivity index (χ3v) is 5.09. The van der Waals surface area contributed by atoms with Gasteiger partial charge in [0.15, 0.2) is 17.5 Å². The van der Waals surface area contributed by atoms with Gasteiger partial charge in [-0.25, -0.2) is 0 Å². The minimum Gasteiger partial charge on any atom is -0.493 e. The van der Waals surface area contributed by atoms with Gasteiger partial charge in [-0.2, -0.15) is 0 Å². The maximum Gasteiger partial charge on any atom is 0.191 e. The summed E-state index contributed by atoms with van der Waals surface area (Å²) in [5.41, 5.74) is 5.02. The van der Waals surface area contributed by atoms with Gasteiger partial charge >= 0.3 is 0 Å². The highest BCUT2D eigenvalue weighted by Gasteiger charge is 2.08. The van der Waals surface area contributed by atoms with Crippen molar-refractivity contribution >= 4 is 40.8 Å². The summed E-state index contributed by atoms with van der Waals surface area (Å²) in [6, 6.07) is 12.4. The van der Waals surface area contributed by atoms with E-state index in [1.807, 2.05) is 18.2 Å². The minimum atomic E-state index is 0. The first kappa shape index (κ1) is 23.9. The van der Waals surface area contributed by atoms with Crippen LogP contribution in [0.15, 0.2) is 47.6 Å². The second kappa shape index (κ2) is 11.7. The molecule has 6 nitrogen and oxygen atoms in total. The van der Waals surface area contributed by atoms with Crippen LogP contribution in [0.4, 0.5) is 0 Å². The molecule has 0 atom stereocenters. The van der Waals surface area contributed by atoms with E-state index in [2.05, 4.69) is 51.9 Å². The molecule has 2 aromatic carbocycles. The molecule has 0 aliphatic rings. The highest BCUT2D eigenvalue weighted by Crippen LogP contribution is 2.27. The van der Waals surface area contributed by atoms with Crippen molar-refractivity contribution < 1.29 is 9.47 Å². The van der Waals surface area contributed by atoms with Crippen molar-refractivity contribution in [3.63, 3.8) is 0 Å². The number of aryl methyl sites for hydroxylation is 1. The molecule has 0 aliphatic carbocycles. The first-order valence-electron chi connectivity index (χ1n) is 9.93.